The van der Waals surface area contributed by atoms with E-state index in [9.17, 15) is 9.18 Å². The third-order valence-electron chi connectivity index (χ3n) is 2.31. The molecule has 0 unspecified atom stereocenters. The van der Waals surface area contributed by atoms with E-state index in [1.54, 1.807) is 6.07 Å². The number of fused-ring (bicyclic) bond motifs is 1. The summed E-state index contributed by atoms with van der Waals surface area (Å²) in [5, 5.41) is 0.867. The van der Waals surface area contributed by atoms with E-state index >= 15 is 0 Å². The molecular weight excluding hydrogens is 181 g/mol. The van der Waals surface area contributed by atoms with Crippen molar-refractivity contribution in [1.29, 1.82) is 0 Å². The average Bonchev–Trinajstić information content (AvgIpc) is 2.44. The highest BCUT2D eigenvalue weighted by molar-refractivity contribution is 5.84. The quantitative estimate of drug-likeness (QED) is 0.667. The molecule has 0 saturated heterocycles. The second-order valence-corrected chi connectivity index (χ2v) is 3.29. The molecule has 1 aromatic carbocycles. The smallest absolute Gasteiger partial charge is 0.139 e. The van der Waals surface area contributed by atoms with Crippen molar-refractivity contribution in [3.05, 3.63) is 35.8 Å². The Bertz CT molecular complexity index is 487. The molecule has 0 aliphatic rings. The Morgan fingerprint density at radius 1 is 1.50 bits per heavy atom. The van der Waals surface area contributed by atoms with Crippen LogP contribution < -0.4 is 0 Å². The van der Waals surface area contributed by atoms with Crippen molar-refractivity contribution in [2.24, 2.45) is 0 Å². The van der Waals surface area contributed by atoms with Crippen molar-refractivity contribution in [1.82, 2.24) is 4.57 Å². The van der Waals surface area contributed by atoms with Crippen LogP contribution >= 0.6 is 0 Å². The van der Waals surface area contributed by atoms with E-state index in [1.807, 2.05) is 17.7 Å². The molecule has 0 N–H and O–H groups in total. The lowest BCUT2D eigenvalue weighted by Gasteiger charge is -1.98. The van der Waals surface area contributed by atoms with Gasteiger partial charge >= 0.3 is 0 Å². The van der Waals surface area contributed by atoms with Crippen LogP contribution in [0.4, 0.5) is 4.39 Å². The fourth-order valence-electron chi connectivity index (χ4n) is 1.68. The average molecular weight is 191 g/mol. The third kappa shape index (κ3) is 1.31. The predicted molar refractivity (Wildman–Crippen MR) is 52.7 cm³/mol. The second kappa shape index (κ2) is 3.25. The van der Waals surface area contributed by atoms with E-state index in [-0.39, 0.29) is 5.82 Å². The highest BCUT2D eigenvalue weighted by Crippen LogP contribution is 2.21. The van der Waals surface area contributed by atoms with Crippen LogP contribution in [0.5, 0.6) is 0 Å². The first-order chi connectivity index (χ1) is 6.72. The number of carbonyl (C=O) groups excluding carboxylic acids is 1. The number of aldehydes is 1. The topological polar surface area (TPSA) is 22.0 Å². The van der Waals surface area contributed by atoms with Crippen molar-refractivity contribution in [3.8, 4) is 0 Å². The zero-order chi connectivity index (χ0) is 10.1. The molecule has 3 heteroatoms. The van der Waals surface area contributed by atoms with Gasteiger partial charge in [-0.3, -0.25) is 0 Å². The van der Waals surface area contributed by atoms with Gasteiger partial charge in [0.2, 0.25) is 0 Å². The van der Waals surface area contributed by atoms with Crippen molar-refractivity contribution in [2.45, 2.75) is 13.5 Å². The zero-order valence-corrected chi connectivity index (χ0v) is 7.83. The molecule has 0 amide bonds. The van der Waals surface area contributed by atoms with Gasteiger partial charge in [-0.25, -0.2) is 4.39 Å². The molecule has 0 spiro atoms. The molecule has 2 nitrogen and oxygen atoms in total. The summed E-state index contributed by atoms with van der Waals surface area (Å²) in [7, 11) is 0. The second-order valence-electron chi connectivity index (χ2n) is 3.29. The van der Waals surface area contributed by atoms with Crippen LogP contribution in [0.3, 0.4) is 0 Å². The van der Waals surface area contributed by atoms with Crippen LogP contribution in [-0.4, -0.2) is 10.9 Å². The van der Waals surface area contributed by atoms with E-state index in [2.05, 4.69) is 0 Å². The Morgan fingerprint density at radius 3 is 3.00 bits per heavy atom. The number of hydrogen-bond donors (Lipinski definition) is 0. The summed E-state index contributed by atoms with van der Waals surface area (Å²) in [5.74, 6) is -0.246. The normalized spacial score (nSPS) is 10.7. The summed E-state index contributed by atoms with van der Waals surface area (Å²) in [6.45, 7) is 2.22. The fourth-order valence-corrected chi connectivity index (χ4v) is 1.68. The molecule has 2 aromatic rings. The number of carbonyl (C=O) groups is 1. The molecule has 0 atom stereocenters. The lowest BCUT2D eigenvalue weighted by Crippen LogP contribution is -1.95. The Morgan fingerprint density at radius 2 is 2.29 bits per heavy atom. The maximum Gasteiger partial charge on any atom is 0.139 e. The van der Waals surface area contributed by atoms with Crippen LogP contribution in [0.2, 0.25) is 0 Å². The maximum atomic E-state index is 12.9. The number of benzene rings is 1. The van der Waals surface area contributed by atoms with Crippen LogP contribution in [0.15, 0.2) is 24.4 Å². The standard InChI is InChI=1S/C11H10FNO/c1-8-7-13(4-5-14)11-3-2-9(12)6-10(8)11/h2-3,5-7H,4H2,1H3. The van der Waals surface area contributed by atoms with E-state index in [0.29, 0.717) is 6.54 Å². The molecule has 72 valence electrons. The van der Waals surface area contributed by atoms with Crippen molar-refractivity contribution in [2.75, 3.05) is 0 Å². The molecule has 0 aliphatic carbocycles. The number of hydrogen-bond acceptors (Lipinski definition) is 1. The minimum absolute atomic E-state index is 0.246. The van der Waals surface area contributed by atoms with Gasteiger partial charge < -0.3 is 9.36 Å². The number of aromatic nitrogens is 1. The van der Waals surface area contributed by atoms with E-state index < -0.39 is 0 Å². The summed E-state index contributed by atoms with van der Waals surface area (Å²) in [5.41, 5.74) is 1.89. The first-order valence-corrected chi connectivity index (χ1v) is 4.41. The highest BCUT2D eigenvalue weighted by Gasteiger charge is 2.05. The van der Waals surface area contributed by atoms with Gasteiger partial charge in [0, 0.05) is 17.1 Å². The van der Waals surface area contributed by atoms with Gasteiger partial charge in [-0.2, -0.15) is 0 Å². The number of halogens is 1. The van der Waals surface area contributed by atoms with Gasteiger partial charge in [-0.15, -0.1) is 0 Å². The largest absolute Gasteiger partial charge is 0.340 e. The monoisotopic (exact) mass is 191 g/mol. The minimum Gasteiger partial charge on any atom is -0.340 e. The van der Waals surface area contributed by atoms with Crippen LogP contribution in [-0.2, 0) is 11.3 Å². The van der Waals surface area contributed by atoms with E-state index in [4.69, 9.17) is 0 Å². The van der Waals surface area contributed by atoms with Gasteiger partial charge in [0.05, 0.1) is 6.54 Å². The molecule has 0 radical (unpaired) electrons. The molecule has 0 bridgehead atoms. The van der Waals surface area contributed by atoms with Crippen LogP contribution in [0, 0.1) is 12.7 Å². The molecule has 1 aromatic heterocycles. The van der Waals surface area contributed by atoms with Crippen molar-refractivity contribution < 1.29 is 9.18 Å². The summed E-state index contributed by atoms with van der Waals surface area (Å²) in [6, 6.07) is 4.59. The molecule has 0 saturated carbocycles. The summed E-state index contributed by atoms with van der Waals surface area (Å²) < 4.78 is 14.7. The van der Waals surface area contributed by atoms with Gasteiger partial charge in [-0.1, -0.05) is 0 Å². The van der Waals surface area contributed by atoms with Gasteiger partial charge in [0.1, 0.15) is 12.1 Å². The van der Waals surface area contributed by atoms with Gasteiger partial charge in [0.15, 0.2) is 0 Å². The van der Waals surface area contributed by atoms with Gasteiger partial charge in [-0.05, 0) is 30.7 Å². The maximum absolute atomic E-state index is 12.9. The third-order valence-corrected chi connectivity index (χ3v) is 2.31. The number of rotatable bonds is 2. The van der Waals surface area contributed by atoms with Crippen molar-refractivity contribution in [3.63, 3.8) is 0 Å². The first kappa shape index (κ1) is 8.94. The zero-order valence-electron chi connectivity index (χ0n) is 7.83. The molecule has 2 rings (SSSR count). The van der Waals surface area contributed by atoms with E-state index in [0.717, 1.165) is 22.8 Å². The molecule has 0 aliphatic heterocycles. The Hall–Kier alpha value is -1.64. The fraction of sp³-hybridized carbons (Fsp3) is 0.182. The lowest BCUT2D eigenvalue weighted by molar-refractivity contribution is -0.108. The minimum atomic E-state index is -0.246. The number of nitrogens with zero attached hydrogens (tertiary/aromatic N) is 1. The summed E-state index contributed by atoms with van der Waals surface area (Å²) in [4.78, 5) is 10.4. The summed E-state index contributed by atoms with van der Waals surface area (Å²) in [6.07, 6.45) is 2.70. The molecule has 0 fully saturated rings. The SMILES string of the molecule is Cc1cn(CC=O)c2ccc(F)cc12. The predicted octanol–water partition coefficient (Wildman–Crippen LogP) is 2.29. The van der Waals surface area contributed by atoms with Crippen LogP contribution in [0.25, 0.3) is 10.9 Å². The molecule has 14 heavy (non-hydrogen) atoms. The van der Waals surface area contributed by atoms with Gasteiger partial charge in [0.25, 0.3) is 0 Å². The highest BCUT2D eigenvalue weighted by atomic mass is 19.1. The Kier molecular flexibility index (Phi) is 2.08. The van der Waals surface area contributed by atoms with E-state index in [1.165, 1.54) is 12.1 Å². The molecular formula is C11H10FNO. The van der Waals surface area contributed by atoms with Crippen LogP contribution in [0.1, 0.15) is 5.56 Å². The lowest BCUT2D eigenvalue weighted by atomic mass is 10.2. The first-order valence-electron chi connectivity index (χ1n) is 4.41. The molecule has 1 heterocycles. The van der Waals surface area contributed by atoms with Crippen molar-refractivity contribution >= 4 is 17.2 Å². The Labute approximate surface area is 81.0 Å². The number of aryl methyl sites for hydroxylation is 1. The summed E-state index contributed by atoms with van der Waals surface area (Å²) >= 11 is 0. The Balaban J connectivity index is 2.70.